The number of piperazine rings is 1. The molecular formula is C20H24N6O. The molecule has 1 aliphatic heterocycles. The largest absolute Gasteiger partial charge is 0.304 e. The molecule has 0 saturated carbocycles. The fourth-order valence-corrected chi connectivity index (χ4v) is 3.38. The number of likely N-dealkylation sites (N-methyl/N-ethyl adjacent to an activating group) is 1. The van der Waals surface area contributed by atoms with Gasteiger partial charge in [-0.3, -0.25) is 19.4 Å². The number of hydrogen-bond acceptors (Lipinski definition) is 6. The van der Waals surface area contributed by atoms with Crippen molar-refractivity contribution in [2.24, 2.45) is 7.05 Å². The van der Waals surface area contributed by atoms with Gasteiger partial charge in [0.2, 0.25) is 0 Å². The molecule has 0 aliphatic carbocycles. The molecule has 140 valence electrons. The van der Waals surface area contributed by atoms with E-state index in [0.29, 0.717) is 13.0 Å². The summed E-state index contributed by atoms with van der Waals surface area (Å²) in [6, 6.07) is 5.91. The molecule has 0 aromatic carbocycles. The van der Waals surface area contributed by atoms with Crippen LogP contribution in [-0.2, 0) is 18.3 Å². The minimum absolute atomic E-state index is 0.204. The Labute approximate surface area is 158 Å². The number of nitrogens with zero attached hydrogens (tertiary/aromatic N) is 6. The van der Waals surface area contributed by atoms with Gasteiger partial charge in [-0.25, -0.2) is 4.98 Å². The number of rotatable bonds is 5. The summed E-state index contributed by atoms with van der Waals surface area (Å²) in [5, 5.41) is 5.17. The Kier molecular flexibility index (Phi) is 4.96. The molecule has 0 spiro atoms. The highest BCUT2D eigenvalue weighted by molar-refractivity contribution is 5.85. The van der Waals surface area contributed by atoms with E-state index < -0.39 is 0 Å². The average Bonchev–Trinajstić information content (AvgIpc) is 3.09. The first-order chi connectivity index (χ1) is 13.1. The maximum atomic E-state index is 12.5. The van der Waals surface area contributed by atoms with Crippen LogP contribution in [-0.4, -0.2) is 75.1 Å². The van der Waals surface area contributed by atoms with E-state index in [4.69, 9.17) is 4.98 Å². The molecule has 0 N–H and O–H groups in total. The van der Waals surface area contributed by atoms with Crippen LogP contribution in [0.5, 0.6) is 0 Å². The molecule has 4 heterocycles. The van der Waals surface area contributed by atoms with E-state index in [9.17, 15) is 4.79 Å². The highest BCUT2D eigenvalue weighted by Gasteiger charge is 2.17. The molecule has 7 heteroatoms. The highest BCUT2D eigenvalue weighted by atomic mass is 16.1. The van der Waals surface area contributed by atoms with Crippen LogP contribution >= 0.6 is 0 Å². The van der Waals surface area contributed by atoms with E-state index in [1.807, 2.05) is 31.4 Å². The van der Waals surface area contributed by atoms with Gasteiger partial charge < -0.3 is 4.90 Å². The smallest absolute Gasteiger partial charge is 0.152 e. The molecule has 0 radical (unpaired) electrons. The number of Topliss-reactive ketones (excluding diaryl/α,β-unsaturated/α-hetero) is 1. The minimum Gasteiger partial charge on any atom is -0.304 e. The summed E-state index contributed by atoms with van der Waals surface area (Å²) < 4.78 is 1.76. The van der Waals surface area contributed by atoms with E-state index in [1.165, 1.54) is 0 Å². The van der Waals surface area contributed by atoms with Gasteiger partial charge in [0.25, 0.3) is 0 Å². The summed E-state index contributed by atoms with van der Waals surface area (Å²) in [5.41, 5.74) is 3.48. The van der Waals surface area contributed by atoms with Gasteiger partial charge in [-0.2, -0.15) is 5.10 Å². The van der Waals surface area contributed by atoms with Crippen molar-refractivity contribution in [1.82, 2.24) is 29.5 Å². The SMILES string of the molecule is CN1CCN(CC(=O)Cc2cc3nc(-c4cnn(C)c4)ccc3cn2)CC1. The molecule has 1 fully saturated rings. The highest BCUT2D eigenvalue weighted by Crippen LogP contribution is 2.20. The minimum atomic E-state index is 0.204. The summed E-state index contributed by atoms with van der Waals surface area (Å²) in [5.74, 6) is 0.204. The number of hydrogen-bond donors (Lipinski definition) is 0. The Bertz CT molecular complexity index is 958. The molecule has 0 unspecified atom stereocenters. The van der Waals surface area contributed by atoms with Gasteiger partial charge in [0.15, 0.2) is 5.78 Å². The van der Waals surface area contributed by atoms with Crippen LogP contribution in [0.4, 0.5) is 0 Å². The van der Waals surface area contributed by atoms with Crippen LogP contribution in [0.3, 0.4) is 0 Å². The fraction of sp³-hybridized carbons (Fsp3) is 0.400. The predicted octanol–water partition coefficient (Wildman–Crippen LogP) is 1.39. The van der Waals surface area contributed by atoms with E-state index in [1.54, 1.807) is 17.1 Å². The van der Waals surface area contributed by atoms with Crippen molar-refractivity contribution in [3.05, 3.63) is 42.5 Å². The van der Waals surface area contributed by atoms with Crippen molar-refractivity contribution in [3.8, 4) is 11.3 Å². The number of fused-ring (bicyclic) bond motifs is 1. The zero-order chi connectivity index (χ0) is 18.8. The summed E-state index contributed by atoms with van der Waals surface area (Å²) in [6.45, 7) is 4.43. The van der Waals surface area contributed by atoms with Crippen LogP contribution in [0.15, 0.2) is 36.8 Å². The van der Waals surface area contributed by atoms with E-state index in [2.05, 4.69) is 26.9 Å². The second kappa shape index (κ2) is 7.54. The van der Waals surface area contributed by atoms with E-state index in [-0.39, 0.29) is 5.78 Å². The lowest BCUT2D eigenvalue weighted by Gasteiger charge is -2.31. The molecule has 0 atom stereocenters. The first-order valence-corrected chi connectivity index (χ1v) is 9.24. The molecule has 0 bridgehead atoms. The van der Waals surface area contributed by atoms with Gasteiger partial charge in [0.05, 0.1) is 30.4 Å². The Morgan fingerprint density at radius 3 is 2.67 bits per heavy atom. The van der Waals surface area contributed by atoms with Crippen molar-refractivity contribution < 1.29 is 4.79 Å². The number of ketones is 1. The molecule has 4 rings (SSSR count). The lowest BCUT2D eigenvalue weighted by atomic mass is 10.1. The van der Waals surface area contributed by atoms with Crippen molar-refractivity contribution in [2.45, 2.75) is 6.42 Å². The Balaban J connectivity index is 1.48. The monoisotopic (exact) mass is 364 g/mol. The number of pyridine rings is 2. The molecule has 1 aliphatic rings. The molecule has 3 aromatic rings. The van der Waals surface area contributed by atoms with Gasteiger partial charge >= 0.3 is 0 Å². The maximum absolute atomic E-state index is 12.5. The molecule has 0 amide bonds. The number of aryl methyl sites for hydroxylation is 1. The van der Waals surface area contributed by atoms with Gasteiger partial charge in [-0.05, 0) is 25.2 Å². The van der Waals surface area contributed by atoms with Gasteiger partial charge in [0.1, 0.15) is 0 Å². The van der Waals surface area contributed by atoms with Gasteiger partial charge in [0, 0.05) is 62.3 Å². The summed E-state index contributed by atoms with van der Waals surface area (Å²) in [6.07, 6.45) is 5.89. The zero-order valence-corrected chi connectivity index (χ0v) is 15.8. The molecule has 27 heavy (non-hydrogen) atoms. The van der Waals surface area contributed by atoms with Crippen LogP contribution in [0.25, 0.3) is 22.2 Å². The number of carbonyl (C=O) groups excluding carboxylic acids is 1. The average molecular weight is 364 g/mol. The van der Waals surface area contributed by atoms with Crippen molar-refractivity contribution in [1.29, 1.82) is 0 Å². The van der Waals surface area contributed by atoms with E-state index in [0.717, 1.165) is 54.0 Å². The third kappa shape index (κ3) is 4.20. The quantitative estimate of drug-likeness (QED) is 0.682. The van der Waals surface area contributed by atoms with Crippen molar-refractivity contribution in [2.75, 3.05) is 39.8 Å². The summed E-state index contributed by atoms with van der Waals surface area (Å²) in [4.78, 5) is 26.2. The third-order valence-electron chi connectivity index (χ3n) is 5.01. The first kappa shape index (κ1) is 17.8. The Morgan fingerprint density at radius 1 is 1.11 bits per heavy atom. The third-order valence-corrected chi connectivity index (χ3v) is 5.01. The summed E-state index contributed by atoms with van der Waals surface area (Å²) >= 11 is 0. The van der Waals surface area contributed by atoms with Crippen LogP contribution < -0.4 is 0 Å². The standard InChI is InChI=1S/C20H24N6O/c1-24-5-7-26(8-6-24)14-18(27)9-17-10-20-15(11-21-17)3-4-19(23-20)16-12-22-25(2)13-16/h3-4,10-13H,5-9,14H2,1-2H3. The molecule has 1 saturated heterocycles. The van der Waals surface area contributed by atoms with Crippen LogP contribution in [0.2, 0.25) is 0 Å². The van der Waals surface area contributed by atoms with Crippen molar-refractivity contribution >= 4 is 16.7 Å². The second-order valence-electron chi connectivity index (χ2n) is 7.26. The zero-order valence-electron chi connectivity index (χ0n) is 15.8. The normalized spacial score (nSPS) is 16.1. The van der Waals surface area contributed by atoms with E-state index >= 15 is 0 Å². The first-order valence-electron chi connectivity index (χ1n) is 9.24. The predicted molar refractivity (Wildman–Crippen MR) is 104 cm³/mol. The maximum Gasteiger partial charge on any atom is 0.152 e. The van der Waals surface area contributed by atoms with Gasteiger partial charge in [-0.15, -0.1) is 0 Å². The van der Waals surface area contributed by atoms with Gasteiger partial charge in [-0.1, -0.05) is 0 Å². The van der Waals surface area contributed by atoms with Crippen molar-refractivity contribution in [3.63, 3.8) is 0 Å². The fourth-order valence-electron chi connectivity index (χ4n) is 3.38. The number of carbonyl (C=O) groups is 1. The lowest BCUT2D eigenvalue weighted by molar-refractivity contribution is -0.120. The topological polar surface area (TPSA) is 67.2 Å². The van der Waals surface area contributed by atoms with Crippen LogP contribution in [0, 0.1) is 0 Å². The number of aromatic nitrogens is 4. The molecule has 7 nitrogen and oxygen atoms in total. The molecular weight excluding hydrogens is 340 g/mol. The van der Waals surface area contributed by atoms with Crippen LogP contribution in [0.1, 0.15) is 5.69 Å². The molecule has 3 aromatic heterocycles. The second-order valence-corrected chi connectivity index (χ2v) is 7.26. The lowest BCUT2D eigenvalue weighted by Crippen LogP contribution is -2.46. The Hall–Kier alpha value is -2.64. The summed E-state index contributed by atoms with van der Waals surface area (Å²) in [7, 11) is 4.00. The Morgan fingerprint density at radius 2 is 1.93 bits per heavy atom.